The molecule has 1 unspecified atom stereocenters. The van der Waals surface area contributed by atoms with Gasteiger partial charge in [-0.3, -0.25) is 10.1 Å². The van der Waals surface area contributed by atoms with Crippen molar-refractivity contribution in [2.75, 3.05) is 13.2 Å². The highest BCUT2D eigenvalue weighted by atomic mass is 35.5. The summed E-state index contributed by atoms with van der Waals surface area (Å²) in [5.41, 5.74) is 8.42. The maximum atomic E-state index is 12.5. The van der Waals surface area contributed by atoms with Crippen molar-refractivity contribution in [2.24, 2.45) is 5.73 Å². The van der Waals surface area contributed by atoms with Crippen LogP contribution in [-0.4, -0.2) is 24.1 Å². The second-order valence-electron chi connectivity index (χ2n) is 9.66. The summed E-state index contributed by atoms with van der Waals surface area (Å²) in [6, 6.07) is 25.0. The smallest absolute Gasteiger partial charge is 0.349 e. The summed E-state index contributed by atoms with van der Waals surface area (Å²) >= 11 is 6.28. The van der Waals surface area contributed by atoms with Crippen LogP contribution in [0.4, 0.5) is 5.69 Å². The quantitative estimate of drug-likeness (QED) is 0.0850. The molecule has 0 aromatic heterocycles. The number of non-ortho nitro benzene ring substituents is 1. The summed E-state index contributed by atoms with van der Waals surface area (Å²) in [7, 11) is 0. The number of ether oxygens (including phenoxy) is 5. The number of nitro groups is 1. The molecule has 45 heavy (non-hydrogen) atoms. The molecule has 12 heteroatoms. The Labute approximate surface area is 263 Å². The van der Waals surface area contributed by atoms with Crippen molar-refractivity contribution >= 4 is 23.3 Å². The molecule has 4 aromatic carbocycles. The van der Waals surface area contributed by atoms with E-state index in [0.29, 0.717) is 40.0 Å². The summed E-state index contributed by atoms with van der Waals surface area (Å²) in [4.78, 5) is 22.7. The lowest BCUT2D eigenvalue weighted by Crippen LogP contribution is -2.22. The average Bonchev–Trinajstić information content (AvgIpc) is 3.03. The third-order valence-corrected chi connectivity index (χ3v) is 7.14. The van der Waals surface area contributed by atoms with Gasteiger partial charge in [-0.25, -0.2) is 4.79 Å². The second kappa shape index (κ2) is 13.7. The molecule has 4 aromatic rings. The summed E-state index contributed by atoms with van der Waals surface area (Å²) in [6.07, 6.45) is 0. The minimum absolute atomic E-state index is 0.0861. The molecule has 1 aliphatic heterocycles. The molecule has 0 amide bonds. The molecule has 1 aliphatic rings. The van der Waals surface area contributed by atoms with Crippen LogP contribution in [0.1, 0.15) is 29.5 Å². The van der Waals surface area contributed by atoms with Gasteiger partial charge in [0.25, 0.3) is 5.69 Å². The lowest BCUT2D eigenvalue weighted by atomic mass is 9.83. The number of allylic oxidation sites excluding steroid dienone is 1. The lowest BCUT2D eigenvalue weighted by Gasteiger charge is -2.27. The summed E-state index contributed by atoms with van der Waals surface area (Å²) in [5.74, 6) is 0.304. The van der Waals surface area contributed by atoms with Crippen LogP contribution < -0.4 is 29.4 Å². The number of carbonyl (C=O) groups is 1. The molecule has 0 saturated heterocycles. The van der Waals surface area contributed by atoms with Crippen molar-refractivity contribution in [3.8, 4) is 34.8 Å². The fraction of sp³-hybridized carbons (Fsp3) is 0.152. The molecule has 228 valence electrons. The first-order valence-corrected chi connectivity index (χ1v) is 14.1. The zero-order valence-corrected chi connectivity index (χ0v) is 24.7. The van der Waals surface area contributed by atoms with Gasteiger partial charge < -0.3 is 29.4 Å². The van der Waals surface area contributed by atoms with Crippen LogP contribution in [0, 0.1) is 21.4 Å². The Kier molecular flexibility index (Phi) is 9.36. The van der Waals surface area contributed by atoms with E-state index in [9.17, 15) is 20.2 Å². The highest BCUT2D eigenvalue weighted by Gasteiger charge is 2.32. The molecule has 5 rings (SSSR count). The maximum Gasteiger partial charge on any atom is 0.349 e. The monoisotopic (exact) mass is 627 g/mol. The Morgan fingerprint density at radius 1 is 1.00 bits per heavy atom. The fourth-order valence-corrected chi connectivity index (χ4v) is 4.86. The normalized spacial score (nSPS) is 13.6. The predicted octanol–water partition coefficient (Wildman–Crippen LogP) is 6.43. The van der Waals surface area contributed by atoms with Crippen LogP contribution in [0.15, 0.2) is 96.4 Å². The number of nitriles is 1. The number of carbonyl (C=O) groups excluding carboxylic acids is 1. The molecule has 1 heterocycles. The molecule has 0 aliphatic carbocycles. The van der Waals surface area contributed by atoms with Crippen LogP contribution in [0.5, 0.6) is 28.7 Å². The van der Waals surface area contributed by atoms with Gasteiger partial charge in [-0.05, 0) is 48.9 Å². The first-order valence-electron chi connectivity index (χ1n) is 13.7. The number of halogens is 1. The lowest BCUT2D eigenvalue weighted by molar-refractivity contribution is -0.384. The van der Waals surface area contributed by atoms with Gasteiger partial charge >= 0.3 is 5.97 Å². The Hall–Kier alpha value is -5.73. The number of esters is 1. The third kappa shape index (κ3) is 7.09. The molecule has 0 saturated carbocycles. The van der Waals surface area contributed by atoms with Crippen molar-refractivity contribution in [1.29, 1.82) is 5.26 Å². The van der Waals surface area contributed by atoms with Gasteiger partial charge in [0.2, 0.25) is 5.88 Å². The van der Waals surface area contributed by atoms with Gasteiger partial charge in [0.05, 0.1) is 17.4 Å². The Morgan fingerprint density at radius 3 is 2.47 bits per heavy atom. The predicted molar refractivity (Wildman–Crippen MR) is 163 cm³/mol. The summed E-state index contributed by atoms with van der Waals surface area (Å²) in [5, 5.41) is 21.4. The molecular formula is C33H26ClN3O8. The molecule has 11 nitrogen and oxygen atoms in total. The van der Waals surface area contributed by atoms with Crippen molar-refractivity contribution in [3.63, 3.8) is 0 Å². The molecule has 0 fully saturated rings. The number of benzene rings is 4. The van der Waals surface area contributed by atoms with Crippen molar-refractivity contribution < 1.29 is 33.4 Å². The largest absolute Gasteiger partial charge is 0.490 e. The minimum Gasteiger partial charge on any atom is -0.490 e. The van der Waals surface area contributed by atoms with Crippen molar-refractivity contribution in [1.82, 2.24) is 0 Å². The van der Waals surface area contributed by atoms with E-state index in [4.69, 9.17) is 41.0 Å². The van der Waals surface area contributed by atoms with Gasteiger partial charge in [0, 0.05) is 34.3 Å². The summed E-state index contributed by atoms with van der Waals surface area (Å²) in [6.45, 7) is 2.02. The van der Waals surface area contributed by atoms with E-state index in [1.54, 1.807) is 30.3 Å². The topological polar surface area (TPSA) is 156 Å². The molecular weight excluding hydrogens is 602 g/mol. The van der Waals surface area contributed by atoms with Gasteiger partial charge in [-0.15, -0.1) is 0 Å². The van der Waals surface area contributed by atoms with Crippen LogP contribution in [-0.2, 0) is 11.4 Å². The Morgan fingerprint density at radius 2 is 1.76 bits per heavy atom. The number of nitro benzene ring substituents is 1. The first-order chi connectivity index (χ1) is 21.8. The van der Waals surface area contributed by atoms with Crippen molar-refractivity contribution in [2.45, 2.75) is 19.4 Å². The van der Waals surface area contributed by atoms with E-state index in [0.717, 1.165) is 5.56 Å². The number of fused-ring (bicyclic) bond motifs is 1. The Bertz CT molecular complexity index is 1820. The molecule has 0 spiro atoms. The highest BCUT2D eigenvalue weighted by molar-refractivity contribution is 6.31. The minimum atomic E-state index is -0.712. The number of hydrogen-bond donors (Lipinski definition) is 1. The number of rotatable bonds is 11. The van der Waals surface area contributed by atoms with Crippen LogP contribution in [0.3, 0.4) is 0 Å². The molecule has 1 atom stereocenters. The van der Waals surface area contributed by atoms with E-state index in [1.165, 1.54) is 30.3 Å². The van der Waals surface area contributed by atoms with E-state index >= 15 is 0 Å². The molecule has 0 bridgehead atoms. The fourth-order valence-electron chi connectivity index (χ4n) is 4.67. The Balaban J connectivity index is 1.35. The van der Waals surface area contributed by atoms with Crippen molar-refractivity contribution in [3.05, 3.63) is 128 Å². The van der Waals surface area contributed by atoms with Gasteiger partial charge in [0.15, 0.2) is 18.1 Å². The molecule has 2 N–H and O–H groups in total. The molecule has 0 radical (unpaired) electrons. The standard InChI is InChI=1S/C33H26ClN3O8/c1-2-41-30-15-20(7-14-28(30)43-18-21-5-3-4-6-27(21)34)32-25-13-12-24(16-29(25)45-33(36)26(32)17-35)44-31(38)19-42-23-10-8-22(9-11-23)37(39)40/h3-16,32H,2,18-19,36H2,1H3. The zero-order valence-electron chi connectivity index (χ0n) is 23.9. The third-order valence-electron chi connectivity index (χ3n) is 6.77. The van der Waals surface area contributed by atoms with E-state index in [2.05, 4.69) is 6.07 Å². The number of hydrogen-bond acceptors (Lipinski definition) is 10. The first kappa shape index (κ1) is 30.7. The van der Waals surface area contributed by atoms with Crippen LogP contribution >= 0.6 is 11.6 Å². The summed E-state index contributed by atoms with van der Waals surface area (Å²) < 4.78 is 28.5. The van der Waals surface area contributed by atoms with Crippen LogP contribution in [0.25, 0.3) is 0 Å². The zero-order chi connectivity index (χ0) is 31.9. The van der Waals surface area contributed by atoms with E-state index in [1.807, 2.05) is 31.2 Å². The van der Waals surface area contributed by atoms with E-state index < -0.39 is 23.4 Å². The van der Waals surface area contributed by atoms with Gasteiger partial charge in [0.1, 0.15) is 35.5 Å². The second-order valence-corrected chi connectivity index (χ2v) is 10.1. The average molecular weight is 628 g/mol. The maximum absolute atomic E-state index is 12.5. The van der Waals surface area contributed by atoms with Gasteiger partial charge in [-0.2, -0.15) is 5.26 Å². The SMILES string of the molecule is CCOc1cc(C2C(C#N)=C(N)Oc3cc(OC(=O)COc4ccc([N+](=O)[O-])cc4)ccc32)ccc1OCc1ccccc1Cl. The van der Waals surface area contributed by atoms with Gasteiger partial charge in [-0.1, -0.05) is 41.9 Å². The van der Waals surface area contributed by atoms with E-state index in [-0.39, 0.29) is 35.2 Å². The number of nitrogens with zero attached hydrogens (tertiary/aromatic N) is 2. The highest BCUT2D eigenvalue weighted by Crippen LogP contribution is 2.45. The number of nitrogens with two attached hydrogens (primary N) is 1. The van der Waals surface area contributed by atoms with Crippen LogP contribution in [0.2, 0.25) is 5.02 Å².